The molecule has 5 heteroatoms. The fourth-order valence-electron chi connectivity index (χ4n) is 2.36. The molecular weight excluding hydrogens is 240 g/mol. The Kier molecular flexibility index (Phi) is 6.31. The predicted molar refractivity (Wildman–Crippen MR) is 78.3 cm³/mol. The van der Waals surface area contributed by atoms with E-state index in [9.17, 15) is 0 Å². The fourth-order valence-corrected chi connectivity index (χ4v) is 2.36. The zero-order valence-electron chi connectivity index (χ0n) is 12.9. The summed E-state index contributed by atoms with van der Waals surface area (Å²) in [4.78, 5) is 2.14. The third-order valence-electron chi connectivity index (χ3n) is 3.70. The van der Waals surface area contributed by atoms with E-state index in [1.165, 1.54) is 0 Å². The van der Waals surface area contributed by atoms with Crippen molar-refractivity contribution in [2.75, 3.05) is 27.7 Å². The zero-order valence-corrected chi connectivity index (χ0v) is 12.9. The van der Waals surface area contributed by atoms with Crippen LogP contribution < -0.4 is 10.5 Å². The number of likely N-dealkylation sites (N-methyl/N-ethyl adjacent to an activating group) is 1. The molecule has 1 aromatic rings. The maximum Gasteiger partial charge on any atom is 0.161 e. The van der Waals surface area contributed by atoms with Crippen molar-refractivity contribution in [3.63, 3.8) is 0 Å². The van der Waals surface area contributed by atoms with Gasteiger partial charge in [0.2, 0.25) is 0 Å². The van der Waals surface area contributed by atoms with Gasteiger partial charge < -0.3 is 15.4 Å². The molecule has 0 amide bonds. The van der Waals surface area contributed by atoms with Crippen molar-refractivity contribution in [1.82, 2.24) is 14.7 Å². The number of hydrogen-bond acceptors (Lipinski definition) is 4. The second kappa shape index (κ2) is 7.50. The van der Waals surface area contributed by atoms with Gasteiger partial charge in [-0.1, -0.05) is 26.7 Å². The highest BCUT2D eigenvalue weighted by Gasteiger charge is 2.24. The number of aromatic nitrogens is 2. The van der Waals surface area contributed by atoms with E-state index in [1.807, 2.05) is 4.68 Å². The molecule has 5 nitrogen and oxygen atoms in total. The van der Waals surface area contributed by atoms with Crippen molar-refractivity contribution in [3.8, 4) is 5.75 Å². The van der Waals surface area contributed by atoms with Gasteiger partial charge in [-0.15, -0.1) is 0 Å². The maximum atomic E-state index is 6.43. The lowest BCUT2D eigenvalue weighted by Gasteiger charge is -2.23. The van der Waals surface area contributed by atoms with Gasteiger partial charge in [0.05, 0.1) is 31.6 Å². The van der Waals surface area contributed by atoms with E-state index in [1.54, 1.807) is 13.3 Å². The van der Waals surface area contributed by atoms with Gasteiger partial charge in [-0.3, -0.25) is 4.68 Å². The van der Waals surface area contributed by atoms with Crippen LogP contribution in [0.4, 0.5) is 0 Å². The van der Waals surface area contributed by atoms with Gasteiger partial charge in [0.15, 0.2) is 5.75 Å². The van der Waals surface area contributed by atoms with Gasteiger partial charge in [-0.2, -0.15) is 5.10 Å². The van der Waals surface area contributed by atoms with E-state index >= 15 is 0 Å². The summed E-state index contributed by atoms with van der Waals surface area (Å²) in [6, 6.07) is -0.0189. The van der Waals surface area contributed by atoms with Crippen LogP contribution in [-0.2, 0) is 6.54 Å². The first-order valence-corrected chi connectivity index (χ1v) is 7.05. The van der Waals surface area contributed by atoms with E-state index in [4.69, 9.17) is 10.5 Å². The molecule has 1 heterocycles. The minimum atomic E-state index is -0.0189. The molecule has 0 fully saturated rings. The van der Waals surface area contributed by atoms with Crippen LogP contribution in [0.3, 0.4) is 0 Å². The number of hydrogen-bond donors (Lipinski definition) is 1. The molecule has 0 aliphatic heterocycles. The van der Waals surface area contributed by atoms with Gasteiger partial charge in [0.1, 0.15) is 0 Å². The van der Waals surface area contributed by atoms with Crippen molar-refractivity contribution in [1.29, 1.82) is 0 Å². The minimum Gasteiger partial charge on any atom is -0.493 e. The zero-order chi connectivity index (χ0) is 14.4. The van der Waals surface area contributed by atoms with E-state index in [0.717, 1.165) is 37.4 Å². The highest BCUT2D eigenvalue weighted by atomic mass is 16.5. The third-order valence-corrected chi connectivity index (χ3v) is 3.70. The molecule has 1 atom stereocenters. The van der Waals surface area contributed by atoms with Crippen molar-refractivity contribution in [2.45, 2.75) is 39.3 Å². The van der Waals surface area contributed by atoms with Gasteiger partial charge in [-0.25, -0.2) is 0 Å². The Bertz CT molecular complexity index is 372. The Morgan fingerprint density at radius 3 is 2.47 bits per heavy atom. The molecular formula is C14H28N4O. The molecule has 0 aliphatic rings. The molecule has 0 saturated carbocycles. The SMILES string of the molecule is CCC(CC)C(N)c1c(OC)cnn1CCN(C)C. The highest BCUT2D eigenvalue weighted by Crippen LogP contribution is 2.31. The quantitative estimate of drug-likeness (QED) is 0.782. The summed E-state index contributed by atoms with van der Waals surface area (Å²) >= 11 is 0. The van der Waals surface area contributed by atoms with Gasteiger partial charge in [-0.05, 0) is 20.0 Å². The number of methoxy groups -OCH3 is 1. The van der Waals surface area contributed by atoms with Gasteiger partial charge in [0, 0.05) is 6.54 Å². The Morgan fingerprint density at radius 1 is 1.37 bits per heavy atom. The van der Waals surface area contributed by atoms with Gasteiger partial charge >= 0.3 is 0 Å². The maximum absolute atomic E-state index is 6.43. The Hall–Kier alpha value is -1.07. The predicted octanol–water partition coefficient (Wildman–Crippen LogP) is 1.89. The first-order valence-electron chi connectivity index (χ1n) is 7.05. The molecule has 1 unspecified atom stereocenters. The second-order valence-electron chi connectivity index (χ2n) is 5.23. The molecule has 1 aromatic heterocycles. The highest BCUT2D eigenvalue weighted by molar-refractivity contribution is 5.28. The largest absolute Gasteiger partial charge is 0.493 e. The van der Waals surface area contributed by atoms with Crippen LogP contribution in [0.25, 0.3) is 0 Å². The van der Waals surface area contributed by atoms with Crippen molar-refractivity contribution < 1.29 is 4.74 Å². The lowest BCUT2D eigenvalue weighted by atomic mass is 9.92. The summed E-state index contributed by atoms with van der Waals surface area (Å²) in [5.41, 5.74) is 7.46. The molecule has 0 radical (unpaired) electrons. The lowest BCUT2D eigenvalue weighted by Crippen LogP contribution is -2.27. The summed E-state index contributed by atoms with van der Waals surface area (Å²) < 4.78 is 7.40. The van der Waals surface area contributed by atoms with E-state index in [0.29, 0.717) is 5.92 Å². The third kappa shape index (κ3) is 3.94. The van der Waals surface area contributed by atoms with Crippen molar-refractivity contribution in [2.24, 2.45) is 11.7 Å². The average molecular weight is 268 g/mol. The Balaban J connectivity index is 2.97. The van der Waals surface area contributed by atoms with E-state index < -0.39 is 0 Å². The molecule has 110 valence electrons. The van der Waals surface area contributed by atoms with Crippen LogP contribution in [0.5, 0.6) is 5.75 Å². The summed E-state index contributed by atoms with van der Waals surface area (Å²) in [6.45, 7) is 6.13. The van der Waals surface area contributed by atoms with Crippen LogP contribution in [0, 0.1) is 5.92 Å². The van der Waals surface area contributed by atoms with Crippen molar-refractivity contribution in [3.05, 3.63) is 11.9 Å². The first kappa shape index (κ1) is 16.0. The monoisotopic (exact) mass is 268 g/mol. The number of nitrogens with two attached hydrogens (primary N) is 1. The molecule has 1 rings (SSSR count). The molecule has 0 bridgehead atoms. The van der Waals surface area contributed by atoms with Crippen LogP contribution >= 0.6 is 0 Å². The van der Waals surface area contributed by atoms with E-state index in [-0.39, 0.29) is 6.04 Å². The Labute approximate surface area is 116 Å². The lowest BCUT2D eigenvalue weighted by molar-refractivity contribution is 0.334. The average Bonchev–Trinajstić information content (AvgIpc) is 2.80. The van der Waals surface area contributed by atoms with Crippen LogP contribution in [0.2, 0.25) is 0 Å². The molecule has 0 spiro atoms. The number of nitrogens with zero attached hydrogens (tertiary/aromatic N) is 3. The summed E-state index contributed by atoms with van der Waals surface area (Å²) in [7, 11) is 5.79. The van der Waals surface area contributed by atoms with E-state index in [2.05, 4.69) is 37.9 Å². The number of rotatable bonds is 8. The van der Waals surface area contributed by atoms with Gasteiger partial charge in [0.25, 0.3) is 0 Å². The first-order chi connectivity index (χ1) is 9.04. The van der Waals surface area contributed by atoms with Crippen LogP contribution in [0.1, 0.15) is 38.4 Å². The second-order valence-corrected chi connectivity index (χ2v) is 5.23. The summed E-state index contributed by atoms with van der Waals surface area (Å²) in [5.74, 6) is 1.27. The smallest absolute Gasteiger partial charge is 0.161 e. The molecule has 0 aromatic carbocycles. The normalized spacial score (nSPS) is 13.3. The number of ether oxygens (including phenoxy) is 1. The summed E-state index contributed by atoms with van der Waals surface area (Å²) in [6.07, 6.45) is 3.91. The van der Waals surface area contributed by atoms with Crippen molar-refractivity contribution >= 4 is 0 Å². The minimum absolute atomic E-state index is 0.0189. The van der Waals surface area contributed by atoms with Crippen LogP contribution in [0.15, 0.2) is 6.20 Å². The van der Waals surface area contributed by atoms with Crippen LogP contribution in [-0.4, -0.2) is 42.4 Å². The summed E-state index contributed by atoms with van der Waals surface area (Å²) in [5, 5.41) is 4.42. The molecule has 0 aliphatic carbocycles. The molecule has 19 heavy (non-hydrogen) atoms. The molecule has 0 saturated heterocycles. The fraction of sp³-hybridized carbons (Fsp3) is 0.786. The molecule has 2 N–H and O–H groups in total. The topological polar surface area (TPSA) is 56.3 Å². The Morgan fingerprint density at radius 2 is 2.00 bits per heavy atom. The standard InChI is InChI=1S/C14H28N4O/c1-6-11(7-2)13(15)14-12(19-5)10-16-18(14)9-8-17(3)4/h10-11,13H,6-9,15H2,1-5H3.